The number of aromatic amines is 1. The molecule has 0 spiro atoms. The average molecular weight is 333 g/mol. The first-order chi connectivity index (χ1) is 12.9. The summed E-state index contributed by atoms with van der Waals surface area (Å²) in [5.74, 6) is 0. The minimum absolute atomic E-state index is 0.940. The Morgan fingerprint density at radius 3 is 2.27 bits per heavy atom. The summed E-state index contributed by atoms with van der Waals surface area (Å²) in [6.07, 6.45) is 0. The Bertz CT molecular complexity index is 1420. The fourth-order valence-corrected chi connectivity index (χ4v) is 3.98. The lowest BCUT2D eigenvalue weighted by atomic mass is 10.2. The zero-order valence-corrected chi connectivity index (χ0v) is 14.0. The van der Waals surface area contributed by atoms with Gasteiger partial charge in [0.05, 0.1) is 16.6 Å². The second-order valence-electron chi connectivity index (χ2n) is 6.61. The number of rotatable bonds is 1. The van der Waals surface area contributed by atoms with Gasteiger partial charge in [0.25, 0.3) is 0 Å². The van der Waals surface area contributed by atoms with E-state index in [2.05, 4.69) is 88.4 Å². The van der Waals surface area contributed by atoms with Crippen LogP contribution < -0.4 is 0 Å². The van der Waals surface area contributed by atoms with Crippen molar-refractivity contribution in [1.29, 1.82) is 0 Å². The van der Waals surface area contributed by atoms with Crippen LogP contribution in [0.1, 0.15) is 0 Å². The average Bonchev–Trinajstić information content (AvgIpc) is 3.22. The predicted molar refractivity (Wildman–Crippen MR) is 108 cm³/mol. The maximum atomic E-state index is 5.01. The smallest absolute Gasteiger partial charge is 0.139 e. The number of aromatic nitrogens is 3. The van der Waals surface area contributed by atoms with Crippen LogP contribution in [0.15, 0.2) is 84.9 Å². The highest BCUT2D eigenvalue weighted by atomic mass is 15.0. The standard InChI is InChI=1S/C23H15N3/c1-2-8-15(9-3-1)26-20-13-7-5-11-17(20)22-21(26)14-18-16-10-4-6-12-19(16)24-23(18)25-22/h1-14H,(H,24,25). The molecule has 3 heterocycles. The summed E-state index contributed by atoms with van der Waals surface area (Å²) in [5.41, 5.74) is 6.56. The van der Waals surface area contributed by atoms with Crippen LogP contribution in [-0.2, 0) is 0 Å². The molecular weight excluding hydrogens is 318 g/mol. The molecule has 0 unspecified atom stereocenters. The maximum absolute atomic E-state index is 5.01. The van der Waals surface area contributed by atoms with E-state index in [9.17, 15) is 0 Å². The molecule has 6 aromatic rings. The van der Waals surface area contributed by atoms with Crippen molar-refractivity contribution in [2.45, 2.75) is 0 Å². The highest BCUT2D eigenvalue weighted by molar-refractivity contribution is 6.14. The molecule has 3 nitrogen and oxygen atoms in total. The molecule has 6 rings (SSSR count). The molecule has 1 N–H and O–H groups in total. The van der Waals surface area contributed by atoms with Crippen molar-refractivity contribution in [3.8, 4) is 5.69 Å². The molecule has 0 saturated heterocycles. The highest BCUT2D eigenvalue weighted by Crippen LogP contribution is 2.34. The number of nitrogens with zero attached hydrogens (tertiary/aromatic N) is 2. The van der Waals surface area contributed by atoms with E-state index in [0.29, 0.717) is 0 Å². The van der Waals surface area contributed by atoms with E-state index in [4.69, 9.17) is 4.98 Å². The number of H-pyrrole nitrogens is 1. The fourth-order valence-electron chi connectivity index (χ4n) is 3.98. The third kappa shape index (κ3) is 1.74. The molecule has 0 bridgehead atoms. The lowest BCUT2D eigenvalue weighted by Gasteiger charge is -2.07. The summed E-state index contributed by atoms with van der Waals surface area (Å²) in [7, 11) is 0. The van der Waals surface area contributed by atoms with Gasteiger partial charge in [-0.1, -0.05) is 54.6 Å². The van der Waals surface area contributed by atoms with Crippen molar-refractivity contribution in [3.63, 3.8) is 0 Å². The summed E-state index contributed by atoms with van der Waals surface area (Å²) in [4.78, 5) is 8.48. The van der Waals surface area contributed by atoms with E-state index >= 15 is 0 Å². The lowest BCUT2D eigenvalue weighted by molar-refractivity contribution is 1.18. The monoisotopic (exact) mass is 333 g/mol. The van der Waals surface area contributed by atoms with Crippen molar-refractivity contribution in [3.05, 3.63) is 84.9 Å². The van der Waals surface area contributed by atoms with E-state index in [-0.39, 0.29) is 0 Å². The molecule has 0 aliphatic heterocycles. The predicted octanol–water partition coefficient (Wildman–Crippen LogP) is 5.81. The third-order valence-corrected chi connectivity index (χ3v) is 5.13. The Hall–Kier alpha value is -3.59. The number of hydrogen-bond donors (Lipinski definition) is 1. The molecule has 0 fully saturated rings. The van der Waals surface area contributed by atoms with Crippen LogP contribution in [0.3, 0.4) is 0 Å². The van der Waals surface area contributed by atoms with Crippen LogP contribution in [0, 0.1) is 0 Å². The van der Waals surface area contributed by atoms with Crippen LogP contribution >= 0.6 is 0 Å². The summed E-state index contributed by atoms with van der Waals surface area (Å²) in [6, 6.07) is 29.6. The minimum Gasteiger partial charge on any atom is -0.339 e. The molecular formula is C23H15N3. The summed E-state index contributed by atoms with van der Waals surface area (Å²) in [6.45, 7) is 0. The summed E-state index contributed by atoms with van der Waals surface area (Å²) in [5, 5.41) is 3.54. The van der Waals surface area contributed by atoms with Gasteiger partial charge in [0, 0.05) is 27.4 Å². The van der Waals surface area contributed by atoms with E-state index in [1.54, 1.807) is 0 Å². The lowest BCUT2D eigenvalue weighted by Crippen LogP contribution is -1.93. The van der Waals surface area contributed by atoms with Crippen molar-refractivity contribution >= 4 is 43.9 Å². The van der Waals surface area contributed by atoms with Gasteiger partial charge in [-0.05, 0) is 30.3 Å². The largest absolute Gasteiger partial charge is 0.339 e. The van der Waals surface area contributed by atoms with Crippen LogP contribution in [-0.4, -0.2) is 14.5 Å². The Morgan fingerprint density at radius 2 is 1.38 bits per heavy atom. The Kier molecular flexibility index (Phi) is 2.61. The van der Waals surface area contributed by atoms with Crippen molar-refractivity contribution in [1.82, 2.24) is 14.5 Å². The number of nitrogens with one attached hydrogen (secondary N) is 1. The molecule has 0 saturated carbocycles. The first-order valence-corrected chi connectivity index (χ1v) is 8.76. The van der Waals surface area contributed by atoms with Gasteiger partial charge in [-0.25, -0.2) is 4.98 Å². The molecule has 0 aliphatic carbocycles. The van der Waals surface area contributed by atoms with Crippen molar-refractivity contribution in [2.24, 2.45) is 0 Å². The second kappa shape index (κ2) is 4.96. The first-order valence-electron chi connectivity index (χ1n) is 8.76. The molecule has 3 heteroatoms. The van der Waals surface area contributed by atoms with E-state index < -0.39 is 0 Å². The third-order valence-electron chi connectivity index (χ3n) is 5.13. The Morgan fingerprint density at radius 1 is 0.654 bits per heavy atom. The van der Waals surface area contributed by atoms with E-state index in [1.165, 1.54) is 16.3 Å². The van der Waals surface area contributed by atoms with Gasteiger partial charge in [0.1, 0.15) is 5.65 Å². The molecule has 0 radical (unpaired) electrons. The molecule has 0 aliphatic rings. The first kappa shape index (κ1) is 13.7. The maximum Gasteiger partial charge on any atom is 0.139 e. The molecule has 0 amide bonds. The fraction of sp³-hybridized carbons (Fsp3) is 0. The molecule has 26 heavy (non-hydrogen) atoms. The Labute approximate surface area is 149 Å². The highest BCUT2D eigenvalue weighted by Gasteiger charge is 2.15. The van der Waals surface area contributed by atoms with Gasteiger partial charge in [0.15, 0.2) is 0 Å². The van der Waals surface area contributed by atoms with E-state index in [0.717, 1.165) is 33.3 Å². The normalized spacial score (nSPS) is 11.8. The molecule has 122 valence electrons. The van der Waals surface area contributed by atoms with Gasteiger partial charge >= 0.3 is 0 Å². The number of benzene rings is 3. The van der Waals surface area contributed by atoms with Crippen LogP contribution in [0.2, 0.25) is 0 Å². The minimum atomic E-state index is 0.940. The van der Waals surface area contributed by atoms with Gasteiger partial charge in [-0.3, -0.25) is 0 Å². The van der Waals surface area contributed by atoms with Crippen LogP contribution in [0.4, 0.5) is 0 Å². The van der Waals surface area contributed by atoms with Gasteiger partial charge in [-0.2, -0.15) is 0 Å². The second-order valence-corrected chi connectivity index (χ2v) is 6.61. The SMILES string of the molecule is c1ccc(-n2c3ccccc3c3nc4[nH]c5ccccc5c4cc32)cc1. The van der Waals surface area contributed by atoms with Gasteiger partial charge in [0.2, 0.25) is 0 Å². The zero-order valence-electron chi connectivity index (χ0n) is 14.0. The molecule has 0 atom stereocenters. The van der Waals surface area contributed by atoms with Gasteiger partial charge in [-0.15, -0.1) is 0 Å². The number of para-hydroxylation sites is 3. The number of pyridine rings is 1. The number of hydrogen-bond acceptors (Lipinski definition) is 1. The number of fused-ring (bicyclic) bond motifs is 6. The van der Waals surface area contributed by atoms with E-state index in [1.807, 2.05) is 6.07 Å². The quantitative estimate of drug-likeness (QED) is 0.404. The van der Waals surface area contributed by atoms with Crippen molar-refractivity contribution < 1.29 is 0 Å². The van der Waals surface area contributed by atoms with Gasteiger partial charge < -0.3 is 9.55 Å². The molecule has 3 aromatic carbocycles. The summed E-state index contributed by atoms with van der Waals surface area (Å²) >= 11 is 0. The van der Waals surface area contributed by atoms with Crippen LogP contribution in [0.5, 0.6) is 0 Å². The zero-order chi connectivity index (χ0) is 17.1. The Balaban J connectivity index is 1.86. The topological polar surface area (TPSA) is 33.6 Å². The summed E-state index contributed by atoms with van der Waals surface area (Å²) < 4.78 is 2.30. The van der Waals surface area contributed by atoms with Crippen molar-refractivity contribution in [2.75, 3.05) is 0 Å². The van der Waals surface area contributed by atoms with Crippen LogP contribution in [0.25, 0.3) is 49.6 Å². The molecule has 3 aromatic heterocycles.